The number of quaternary nitrogens is 1. The Hall–Kier alpha value is -1.10. The number of hydrogen-bond donors (Lipinski definition) is 2. The van der Waals surface area contributed by atoms with Crippen molar-refractivity contribution in [2.75, 3.05) is 14.1 Å². The fourth-order valence-corrected chi connectivity index (χ4v) is 3.67. The number of rotatable bonds is 18. The van der Waals surface area contributed by atoms with E-state index in [9.17, 15) is 14.7 Å². The van der Waals surface area contributed by atoms with Crippen molar-refractivity contribution in [2.24, 2.45) is 0 Å². The number of nitrogens with one attached hydrogen (secondary N) is 1. The van der Waals surface area contributed by atoms with Crippen LogP contribution in [0.25, 0.3) is 0 Å². The predicted octanol–water partition coefficient (Wildman–Crippen LogP) is 5.87. The quantitative estimate of drug-likeness (QED) is 0.168. The molecule has 0 aromatic rings. The Labute approximate surface area is 180 Å². The Morgan fingerprint density at radius 2 is 1.28 bits per heavy atom. The highest BCUT2D eigenvalue weighted by Gasteiger charge is 2.48. The van der Waals surface area contributed by atoms with Gasteiger partial charge in [-0.15, -0.1) is 0 Å². The average Bonchev–Trinajstić information content (AvgIpc) is 2.65. The Kier molecular flexibility index (Phi) is 14.3. The molecule has 0 heterocycles. The summed E-state index contributed by atoms with van der Waals surface area (Å²) in [6.07, 6.45) is 15.9. The molecule has 0 fully saturated rings. The number of carbonyl (C=O) groups is 2. The molecule has 0 aromatic carbocycles. The maximum absolute atomic E-state index is 12.5. The normalized spacial score (nSPS) is 13.3. The molecular weight excluding hydrogens is 364 g/mol. The van der Waals surface area contributed by atoms with Crippen molar-refractivity contribution in [3.63, 3.8) is 0 Å². The Morgan fingerprint density at radius 1 is 0.828 bits per heavy atom. The van der Waals surface area contributed by atoms with Crippen LogP contribution >= 0.6 is 0 Å². The first-order valence-electron chi connectivity index (χ1n) is 12.0. The molecular formula is C24H49N2O3+. The van der Waals surface area contributed by atoms with Gasteiger partial charge in [0.2, 0.25) is 5.91 Å². The number of unbranched alkanes of at least 4 members (excludes halogenated alkanes) is 10. The van der Waals surface area contributed by atoms with Crippen molar-refractivity contribution in [3.05, 3.63) is 0 Å². The zero-order chi connectivity index (χ0) is 22.3. The molecule has 0 radical (unpaired) electrons. The third-order valence-electron chi connectivity index (χ3n) is 6.64. The third kappa shape index (κ3) is 10.5. The summed E-state index contributed by atoms with van der Waals surface area (Å²) in [5.41, 5.74) is -0.969. The lowest BCUT2D eigenvalue weighted by Gasteiger charge is -2.47. The molecule has 0 rings (SSSR count). The molecule has 5 nitrogen and oxygen atoms in total. The second-order valence-electron chi connectivity index (χ2n) is 9.56. The monoisotopic (exact) mass is 413 g/mol. The van der Waals surface area contributed by atoms with Crippen molar-refractivity contribution in [3.8, 4) is 0 Å². The van der Waals surface area contributed by atoms with Gasteiger partial charge in [-0.3, -0.25) is 9.28 Å². The van der Waals surface area contributed by atoms with Gasteiger partial charge in [-0.2, -0.15) is 0 Å². The highest BCUT2D eigenvalue weighted by atomic mass is 16.4. The lowest BCUT2D eigenvalue weighted by molar-refractivity contribution is -0.953. The SMILES string of the molecule is CCCCCCCCCCCCCC(=O)NC(CCC)[N+](C)(C)C(C)(C)C(=O)O. The Bertz CT molecular complexity index is 461. The maximum atomic E-state index is 12.5. The molecule has 1 unspecified atom stereocenters. The average molecular weight is 414 g/mol. The number of carboxylic acids is 1. The lowest BCUT2D eigenvalue weighted by Crippen LogP contribution is -2.69. The summed E-state index contributed by atoms with van der Waals surface area (Å²) in [6.45, 7) is 7.78. The molecule has 1 atom stereocenters. The zero-order valence-electron chi connectivity index (χ0n) is 20.2. The van der Waals surface area contributed by atoms with Gasteiger partial charge in [-0.1, -0.05) is 78.1 Å². The second kappa shape index (κ2) is 14.8. The van der Waals surface area contributed by atoms with E-state index in [1.807, 2.05) is 14.1 Å². The van der Waals surface area contributed by atoms with Gasteiger partial charge in [-0.05, 0) is 12.8 Å². The molecule has 29 heavy (non-hydrogen) atoms. The predicted molar refractivity (Wildman–Crippen MR) is 122 cm³/mol. The molecule has 0 saturated heterocycles. The molecule has 0 spiro atoms. The standard InChI is InChI=1S/C24H48N2O3/c1-7-9-10-11-12-13-14-15-16-17-18-20-22(27)25-21(19-8-2)26(5,6)24(3,4)23(28)29/h21H,7-20H2,1-6H3,(H-,25,27,28,29)/p+1. The van der Waals surface area contributed by atoms with Crippen LogP contribution in [0.3, 0.4) is 0 Å². The Balaban J connectivity index is 4.16. The summed E-state index contributed by atoms with van der Waals surface area (Å²) in [5.74, 6) is -0.796. The number of nitrogens with zero attached hydrogens (tertiary/aromatic N) is 1. The van der Waals surface area contributed by atoms with Crippen LogP contribution < -0.4 is 5.32 Å². The first-order chi connectivity index (χ1) is 13.6. The van der Waals surface area contributed by atoms with E-state index in [0.717, 1.165) is 25.7 Å². The van der Waals surface area contributed by atoms with Gasteiger partial charge in [-0.25, -0.2) is 4.79 Å². The number of aliphatic carboxylic acids is 1. The zero-order valence-corrected chi connectivity index (χ0v) is 20.2. The van der Waals surface area contributed by atoms with Gasteiger partial charge in [0.05, 0.1) is 14.1 Å². The summed E-state index contributed by atoms with van der Waals surface area (Å²) < 4.78 is 0.236. The molecule has 0 aliphatic heterocycles. The molecule has 1 amide bonds. The van der Waals surface area contributed by atoms with Gasteiger partial charge in [0.25, 0.3) is 0 Å². The van der Waals surface area contributed by atoms with E-state index in [2.05, 4.69) is 19.2 Å². The smallest absolute Gasteiger partial charge is 0.365 e. The minimum absolute atomic E-state index is 0.0479. The van der Waals surface area contributed by atoms with Crippen LogP contribution in [0.2, 0.25) is 0 Å². The molecule has 0 saturated carbocycles. The number of hydrogen-bond acceptors (Lipinski definition) is 2. The summed E-state index contributed by atoms with van der Waals surface area (Å²) in [7, 11) is 3.80. The van der Waals surface area contributed by atoms with E-state index in [1.165, 1.54) is 57.8 Å². The van der Waals surface area contributed by atoms with Crippen molar-refractivity contribution in [1.82, 2.24) is 5.32 Å². The van der Waals surface area contributed by atoms with Crippen LogP contribution in [0.5, 0.6) is 0 Å². The second-order valence-corrected chi connectivity index (χ2v) is 9.56. The number of amides is 1. The topological polar surface area (TPSA) is 66.4 Å². The summed E-state index contributed by atoms with van der Waals surface area (Å²) in [5, 5.41) is 12.7. The van der Waals surface area contributed by atoms with Crippen LogP contribution in [-0.2, 0) is 9.59 Å². The first kappa shape index (κ1) is 27.9. The minimum atomic E-state index is -0.969. The van der Waals surface area contributed by atoms with E-state index in [1.54, 1.807) is 13.8 Å². The lowest BCUT2D eigenvalue weighted by atomic mass is 9.98. The number of carbonyl (C=O) groups excluding carboxylic acids is 1. The van der Waals surface area contributed by atoms with Crippen molar-refractivity contribution >= 4 is 11.9 Å². The van der Waals surface area contributed by atoms with Crippen molar-refractivity contribution in [2.45, 2.75) is 129 Å². The largest absolute Gasteiger partial charge is 0.477 e. The highest BCUT2D eigenvalue weighted by molar-refractivity contribution is 5.77. The third-order valence-corrected chi connectivity index (χ3v) is 6.64. The molecule has 0 aromatic heterocycles. The summed E-state index contributed by atoms with van der Waals surface area (Å²) in [6, 6.07) is 0. The van der Waals surface area contributed by atoms with Crippen molar-refractivity contribution in [1.29, 1.82) is 0 Å². The molecule has 0 bridgehead atoms. The van der Waals surface area contributed by atoms with Gasteiger partial charge >= 0.3 is 5.97 Å². The minimum Gasteiger partial charge on any atom is -0.477 e. The first-order valence-corrected chi connectivity index (χ1v) is 12.0. The highest BCUT2D eigenvalue weighted by Crippen LogP contribution is 2.26. The van der Waals surface area contributed by atoms with Crippen LogP contribution in [0.15, 0.2) is 0 Å². The van der Waals surface area contributed by atoms with Crippen LogP contribution in [-0.4, -0.2) is 47.3 Å². The fourth-order valence-electron chi connectivity index (χ4n) is 3.67. The van der Waals surface area contributed by atoms with Crippen molar-refractivity contribution < 1.29 is 19.2 Å². The number of likely N-dealkylation sites (N-methyl/N-ethyl adjacent to an activating group) is 1. The number of carboxylic acid groups (broad SMARTS) is 1. The molecule has 0 aliphatic carbocycles. The van der Waals surface area contributed by atoms with Gasteiger partial charge in [0.15, 0.2) is 11.7 Å². The maximum Gasteiger partial charge on any atom is 0.365 e. The fraction of sp³-hybridized carbons (Fsp3) is 0.917. The van der Waals surface area contributed by atoms with Gasteiger partial charge in [0, 0.05) is 26.7 Å². The molecule has 5 heteroatoms. The van der Waals surface area contributed by atoms with E-state index in [-0.39, 0.29) is 16.6 Å². The van der Waals surface area contributed by atoms with Crippen LogP contribution in [0.1, 0.15) is 118 Å². The Morgan fingerprint density at radius 3 is 1.69 bits per heavy atom. The van der Waals surface area contributed by atoms with E-state index >= 15 is 0 Å². The molecule has 0 aliphatic rings. The van der Waals surface area contributed by atoms with Gasteiger partial charge < -0.3 is 10.4 Å². The van der Waals surface area contributed by atoms with E-state index in [4.69, 9.17) is 0 Å². The summed E-state index contributed by atoms with van der Waals surface area (Å²) in [4.78, 5) is 24.2. The van der Waals surface area contributed by atoms with Crippen LogP contribution in [0.4, 0.5) is 0 Å². The van der Waals surface area contributed by atoms with E-state index in [0.29, 0.717) is 6.42 Å². The van der Waals surface area contributed by atoms with E-state index < -0.39 is 11.5 Å². The molecule has 2 N–H and O–H groups in total. The summed E-state index contributed by atoms with van der Waals surface area (Å²) >= 11 is 0. The van der Waals surface area contributed by atoms with Gasteiger partial charge in [0.1, 0.15) is 0 Å². The molecule has 172 valence electrons. The van der Waals surface area contributed by atoms with Crippen LogP contribution in [0, 0.1) is 0 Å².